The van der Waals surface area contributed by atoms with Gasteiger partial charge in [0.25, 0.3) is 0 Å². The van der Waals surface area contributed by atoms with E-state index in [2.05, 4.69) is 216 Å². The highest BCUT2D eigenvalue weighted by Gasteiger charge is 2.20. The van der Waals surface area contributed by atoms with E-state index in [1.54, 1.807) is 0 Å². The number of anilines is 3. The topological polar surface area (TPSA) is 8.17 Å². The quantitative estimate of drug-likeness (QED) is 0.166. The average Bonchev–Trinajstić information content (AvgIpc) is 3.81. The van der Waals surface area contributed by atoms with E-state index in [1.807, 2.05) is 11.3 Å². The lowest BCUT2D eigenvalue weighted by molar-refractivity contribution is 1.18. The molecule has 0 aliphatic heterocycles. The van der Waals surface area contributed by atoms with Crippen LogP contribution in [0.5, 0.6) is 0 Å². The van der Waals surface area contributed by atoms with Crippen LogP contribution in [-0.2, 0) is 0 Å². The van der Waals surface area contributed by atoms with Crippen LogP contribution in [0.25, 0.3) is 80.7 Å². The molecule has 55 heavy (non-hydrogen) atoms. The lowest BCUT2D eigenvalue weighted by Crippen LogP contribution is -2.10. The van der Waals surface area contributed by atoms with Gasteiger partial charge in [-0.05, 0) is 88.3 Å². The summed E-state index contributed by atoms with van der Waals surface area (Å²) in [5.74, 6) is 0. The van der Waals surface area contributed by atoms with Crippen LogP contribution in [0, 0.1) is 0 Å². The van der Waals surface area contributed by atoms with E-state index in [-0.39, 0.29) is 0 Å². The molecule has 2 nitrogen and oxygen atoms in total. The van der Waals surface area contributed by atoms with Gasteiger partial charge in [0, 0.05) is 53.4 Å². The van der Waals surface area contributed by atoms with Gasteiger partial charge in [-0.25, -0.2) is 0 Å². The second-order valence-electron chi connectivity index (χ2n) is 14.1. The Balaban J connectivity index is 1.12. The van der Waals surface area contributed by atoms with Gasteiger partial charge in [-0.15, -0.1) is 11.3 Å². The van der Waals surface area contributed by atoms with Crippen LogP contribution in [0.2, 0.25) is 0 Å². The summed E-state index contributed by atoms with van der Waals surface area (Å²) in [5, 5.41) is 7.53. The highest BCUT2D eigenvalue weighted by atomic mass is 32.1. The predicted octanol–water partition coefficient (Wildman–Crippen LogP) is 15.1. The van der Waals surface area contributed by atoms with Crippen molar-refractivity contribution in [1.82, 2.24) is 4.57 Å². The largest absolute Gasteiger partial charge is 0.310 e. The Bertz CT molecular complexity index is 3190. The number of fused-ring (bicyclic) bond motifs is 7. The van der Waals surface area contributed by atoms with Gasteiger partial charge in [0.1, 0.15) is 0 Å². The maximum Gasteiger partial charge on any atom is 0.0542 e. The van der Waals surface area contributed by atoms with Gasteiger partial charge in [-0.3, -0.25) is 0 Å². The molecule has 0 radical (unpaired) electrons. The summed E-state index contributed by atoms with van der Waals surface area (Å²) in [4.78, 5) is 2.44. The average molecular weight is 719 g/mol. The summed E-state index contributed by atoms with van der Waals surface area (Å²) in [6, 6.07) is 75.1. The van der Waals surface area contributed by atoms with Crippen molar-refractivity contribution in [1.29, 1.82) is 0 Å². The molecule has 11 aromatic rings. The fraction of sp³-hybridized carbons (Fsp3) is 0. The van der Waals surface area contributed by atoms with Gasteiger partial charge in [0.2, 0.25) is 0 Å². The third kappa shape index (κ3) is 5.16. The van der Waals surface area contributed by atoms with E-state index < -0.39 is 0 Å². The number of aromatic nitrogens is 1. The van der Waals surface area contributed by atoms with E-state index in [1.165, 1.54) is 75.0 Å². The van der Waals surface area contributed by atoms with Crippen LogP contribution in [0.4, 0.5) is 17.1 Å². The number of nitrogens with zero attached hydrogens (tertiary/aromatic N) is 2. The van der Waals surface area contributed by atoms with Crippen LogP contribution in [-0.4, -0.2) is 4.57 Å². The summed E-state index contributed by atoms with van der Waals surface area (Å²) >= 11 is 1.88. The zero-order valence-electron chi connectivity index (χ0n) is 29.9. The predicted molar refractivity (Wildman–Crippen MR) is 237 cm³/mol. The van der Waals surface area contributed by atoms with Crippen molar-refractivity contribution in [2.24, 2.45) is 0 Å². The number of benzene rings is 9. The molecule has 0 saturated carbocycles. The summed E-state index contributed by atoms with van der Waals surface area (Å²) in [5.41, 5.74) is 11.8. The molecule has 0 unspecified atom stereocenters. The Hall–Kier alpha value is -6.94. The highest BCUT2D eigenvalue weighted by Crippen LogP contribution is 2.45. The normalized spacial score (nSPS) is 11.6. The molecule has 0 aliphatic rings. The fourth-order valence-corrected chi connectivity index (χ4v) is 9.73. The van der Waals surface area contributed by atoms with Crippen LogP contribution in [0.15, 0.2) is 206 Å². The van der Waals surface area contributed by atoms with Crippen molar-refractivity contribution in [3.63, 3.8) is 0 Å². The summed E-state index contributed by atoms with van der Waals surface area (Å²) in [7, 11) is 0. The molecule has 0 fully saturated rings. The Kier molecular flexibility index (Phi) is 7.39. The second kappa shape index (κ2) is 12.9. The molecular weight excluding hydrogens is 685 g/mol. The van der Waals surface area contributed by atoms with Crippen molar-refractivity contribution in [3.05, 3.63) is 206 Å². The SMILES string of the molecule is c1ccc(-c2ccc(N(c3ccc(-c4cccc5c4sc4ccccc45)cc3)c3ccc4c(c3)c3ccccc3n4-c3ccccc3)c3ccccc23)cc1. The molecule has 9 aromatic carbocycles. The molecule has 2 aromatic heterocycles. The monoisotopic (exact) mass is 718 g/mol. The van der Waals surface area contributed by atoms with Crippen molar-refractivity contribution < 1.29 is 0 Å². The molecule has 2 heterocycles. The zero-order chi connectivity index (χ0) is 36.3. The first-order valence-electron chi connectivity index (χ1n) is 18.8. The zero-order valence-corrected chi connectivity index (χ0v) is 30.7. The molecule has 258 valence electrons. The molecule has 11 rings (SSSR count). The van der Waals surface area contributed by atoms with E-state index >= 15 is 0 Å². The Labute approximate surface area is 323 Å². The molecule has 0 saturated heterocycles. The van der Waals surface area contributed by atoms with E-state index in [4.69, 9.17) is 0 Å². The van der Waals surface area contributed by atoms with E-state index in [9.17, 15) is 0 Å². The maximum absolute atomic E-state index is 2.44. The highest BCUT2D eigenvalue weighted by molar-refractivity contribution is 7.26. The minimum Gasteiger partial charge on any atom is -0.310 e. The lowest BCUT2D eigenvalue weighted by Gasteiger charge is -2.28. The first-order valence-corrected chi connectivity index (χ1v) is 19.6. The van der Waals surface area contributed by atoms with Gasteiger partial charge in [-0.2, -0.15) is 0 Å². The van der Waals surface area contributed by atoms with Crippen LogP contribution in [0.3, 0.4) is 0 Å². The van der Waals surface area contributed by atoms with E-state index in [0.717, 1.165) is 22.7 Å². The van der Waals surface area contributed by atoms with Gasteiger partial charge >= 0.3 is 0 Å². The van der Waals surface area contributed by atoms with Gasteiger partial charge in [-0.1, -0.05) is 146 Å². The number of rotatable bonds is 6. The number of para-hydroxylation sites is 2. The molecule has 0 bridgehead atoms. The second-order valence-corrected chi connectivity index (χ2v) is 15.1. The Morgan fingerprint density at radius 2 is 0.982 bits per heavy atom. The van der Waals surface area contributed by atoms with Crippen molar-refractivity contribution in [3.8, 4) is 27.9 Å². The van der Waals surface area contributed by atoms with Gasteiger partial charge in [0.15, 0.2) is 0 Å². The molecule has 0 amide bonds. The van der Waals surface area contributed by atoms with Crippen molar-refractivity contribution >= 4 is 81.1 Å². The summed E-state index contributed by atoms with van der Waals surface area (Å²) in [6.45, 7) is 0. The van der Waals surface area contributed by atoms with Crippen molar-refractivity contribution in [2.75, 3.05) is 4.90 Å². The van der Waals surface area contributed by atoms with Gasteiger partial charge in [0.05, 0.1) is 16.7 Å². The third-order valence-corrected chi connectivity index (χ3v) is 12.2. The number of hydrogen-bond acceptors (Lipinski definition) is 2. The third-order valence-electron chi connectivity index (χ3n) is 11.0. The molecule has 0 N–H and O–H groups in total. The minimum absolute atomic E-state index is 1.11. The van der Waals surface area contributed by atoms with E-state index in [0.29, 0.717) is 0 Å². The first-order chi connectivity index (χ1) is 27.3. The standard InChI is InChI=1S/C52H34N2S/c1-3-14-35(15-4-1)40-31-33-49(43-19-8-7-18-42(40)43)53(38-28-26-36(27-29-38)41-22-13-23-46-45-21-10-12-25-51(45)55-52(41)46)39-30-32-50-47(34-39)44-20-9-11-24-48(44)54(50)37-16-5-2-6-17-37/h1-34H. The van der Waals surface area contributed by atoms with Crippen molar-refractivity contribution in [2.45, 2.75) is 0 Å². The Morgan fingerprint density at radius 3 is 1.80 bits per heavy atom. The Morgan fingerprint density at radius 1 is 0.364 bits per heavy atom. The molecular formula is C52H34N2S. The first kappa shape index (κ1) is 31.6. The lowest BCUT2D eigenvalue weighted by atomic mass is 9.96. The number of thiophene rings is 1. The summed E-state index contributed by atoms with van der Waals surface area (Å²) in [6.07, 6.45) is 0. The maximum atomic E-state index is 2.44. The molecule has 3 heteroatoms. The minimum atomic E-state index is 1.11. The van der Waals surface area contributed by atoms with Crippen LogP contribution in [0.1, 0.15) is 0 Å². The summed E-state index contributed by atoms with van der Waals surface area (Å²) < 4.78 is 5.03. The van der Waals surface area contributed by atoms with Gasteiger partial charge < -0.3 is 9.47 Å². The van der Waals surface area contributed by atoms with Crippen LogP contribution >= 0.6 is 11.3 Å². The van der Waals surface area contributed by atoms with Crippen LogP contribution < -0.4 is 4.90 Å². The molecule has 0 atom stereocenters. The molecule has 0 spiro atoms. The smallest absolute Gasteiger partial charge is 0.0542 e. The number of hydrogen-bond donors (Lipinski definition) is 0. The molecule has 0 aliphatic carbocycles. The fourth-order valence-electron chi connectivity index (χ4n) is 8.49.